The summed E-state index contributed by atoms with van der Waals surface area (Å²) in [5.41, 5.74) is 18.1. The molecule has 0 saturated heterocycles. The average molecular weight is 915 g/mol. The maximum Gasteiger partial charge on any atom is 0.136 e. The van der Waals surface area contributed by atoms with Gasteiger partial charge in [0.05, 0.1) is 11.4 Å². The summed E-state index contributed by atoms with van der Waals surface area (Å²) >= 11 is 0. The second-order valence-electron chi connectivity index (χ2n) is 19.4. The van der Waals surface area contributed by atoms with E-state index >= 15 is 0 Å². The van der Waals surface area contributed by atoms with Gasteiger partial charge in [-0.15, -0.1) is 0 Å². The number of benzene rings is 11. The molecule has 0 atom stereocenters. The maximum atomic E-state index is 6.84. The normalized spacial score (nSPS) is 11.6. The molecule has 0 aliphatic carbocycles. The number of nitrogens with zero attached hydrogens (tertiary/aromatic N) is 2. The maximum absolute atomic E-state index is 6.84. The smallest absolute Gasteiger partial charge is 0.136 e. The summed E-state index contributed by atoms with van der Waals surface area (Å²) in [5, 5.41) is 6.77. The first-order valence-electron chi connectivity index (χ1n) is 24.9. The minimum atomic E-state index is 0.463. The van der Waals surface area contributed by atoms with E-state index in [0.29, 0.717) is 11.8 Å². The van der Waals surface area contributed by atoms with Gasteiger partial charge in [0.15, 0.2) is 0 Å². The van der Waals surface area contributed by atoms with E-state index in [1.807, 2.05) is 0 Å². The third-order valence-corrected chi connectivity index (χ3v) is 14.2. The average Bonchev–Trinajstić information content (AvgIpc) is 3.76. The Labute approximate surface area is 416 Å². The van der Waals surface area contributed by atoms with E-state index in [-0.39, 0.29) is 0 Å². The fraction of sp³-hybridized carbons (Fsp3) is 0.0882. The number of furan rings is 1. The Morgan fingerprint density at radius 3 is 1.14 bits per heavy atom. The molecular formula is C68H54N2O. The summed E-state index contributed by atoms with van der Waals surface area (Å²) in [6.45, 7) is 8.98. The van der Waals surface area contributed by atoms with E-state index in [0.717, 1.165) is 77.6 Å². The molecule has 11 aromatic carbocycles. The molecule has 1 aromatic heterocycles. The molecule has 0 fully saturated rings. The number of hydrogen-bond acceptors (Lipinski definition) is 3. The molecule has 0 bridgehead atoms. The van der Waals surface area contributed by atoms with Crippen molar-refractivity contribution < 1.29 is 4.42 Å². The molecule has 0 aliphatic rings. The van der Waals surface area contributed by atoms with Crippen molar-refractivity contribution in [3.05, 3.63) is 254 Å². The third-order valence-electron chi connectivity index (χ3n) is 14.2. The quantitative estimate of drug-likeness (QED) is 0.129. The van der Waals surface area contributed by atoms with Gasteiger partial charge in [-0.05, 0) is 152 Å². The number of fused-ring (bicyclic) bond motifs is 5. The van der Waals surface area contributed by atoms with Gasteiger partial charge < -0.3 is 14.2 Å². The van der Waals surface area contributed by atoms with Crippen molar-refractivity contribution in [3.63, 3.8) is 0 Å². The van der Waals surface area contributed by atoms with Crippen LogP contribution in [0.5, 0.6) is 0 Å². The Morgan fingerprint density at radius 1 is 0.296 bits per heavy atom. The molecule has 3 nitrogen and oxygen atoms in total. The molecule has 12 aromatic rings. The standard InChI is InChI=1S/C68H54N2O/c1-45(2)47-23-27-51(28-24-47)61-19-11-13-21-65(61)69(57-17-9-6-10-18-57)59-37-33-53-41-63-64-42-54-34-38-60(40-56(54)44-68(64)71-67(63)43-55(53)39-59)70(58-35-31-50(32-36-58)49-15-7-5-8-16-49)66-22-14-12-20-62(66)52-29-25-48(26-30-52)46(3)4/h5-46H,1-4H3. The second kappa shape index (κ2) is 18.3. The lowest BCUT2D eigenvalue weighted by Gasteiger charge is -2.28. The van der Waals surface area contributed by atoms with Gasteiger partial charge in [-0.25, -0.2) is 0 Å². The minimum absolute atomic E-state index is 0.463. The van der Waals surface area contributed by atoms with Crippen LogP contribution >= 0.6 is 0 Å². The largest absolute Gasteiger partial charge is 0.456 e. The van der Waals surface area contributed by atoms with Crippen molar-refractivity contribution in [2.45, 2.75) is 39.5 Å². The van der Waals surface area contributed by atoms with Gasteiger partial charge in [-0.3, -0.25) is 0 Å². The first-order valence-corrected chi connectivity index (χ1v) is 24.9. The van der Waals surface area contributed by atoms with Crippen molar-refractivity contribution in [1.82, 2.24) is 0 Å². The second-order valence-corrected chi connectivity index (χ2v) is 19.4. The zero-order valence-corrected chi connectivity index (χ0v) is 40.6. The fourth-order valence-electron chi connectivity index (χ4n) is 10.3. The first kappa shape index (κ1) is 43.6. The Bertz CT molecular complexity index is 3850. The molecule has 0 unspecified atom stereocenters. The fourth-order valence-corrected chi connectivity index (χ4v) is 10.3. The Kier molecular flexibility index (Phi) is 11.3. The van der Waals surface area contributed by atoms with Crippen molar-refractivity contribution in [1.29, 1.82) is 0 Å². The number of anilines is 6. The minimum Gasteiger partial charge on any atom is -0.456 e. The summed E-state index contributed by atoms with van der Waals surface area (Å²) in [5.74, 6) is 0.937. The lowest BCUT2D eigenvalue weighted by atomic mass is 9.97. The highest BCUT2D eigenvalue weighted by Gasteiger charge is 2.21. The molecule has 3 heteroatoms. The zero-order valence-electron chi connectivity index (χ0n) is 40.6. The van der Waals surface area contributed by atoms with Gasteiger partial charge in [-0.2, -0.15) is 0 Å². The van der Waals surface area contributed by atoms with Gasteiger partial charge >= 0.3 is 0 Å². The lowest BCUT2D eigenvalue weighted by Crippen LogP contribution is -2.11. The molecule has 12 rings (SSSR count). The monoisotopic (exact) mass is 914 g/mol. The lowest BCUT2D eigenvalue weighted by molar-refractivity contribution is 0.670. The zero-order chi connectivity index (χ0) is 48.0. The van der Waals surface area contributed by atoms with Crippen LogP contribution in [0.3, 0.4) is 0 Å². The van der Waals surface area contributed by atoms with Crippen LogP contribution in [0.25, 0.3) is 76.9 Å². The molecule has 0 radical (unpaired) electrons. The predicted octanol–water partition coefficient (Wildman–Crippen LogP) is 20.1. The van der Waals surface area contributed by atoms with Gasteiger partial charge in [0, 0.05) is 44.6 Å². The highest BCUT2D eigenvalue weighted by Crippen LogP contribution is 2.45. The highest BCUT2D eigenvalue weighted by atomic mass is 16.3. The Hall–Kier alpha value is -8.66. The van der Waals surface area contributed by atoms with Crippen molar-refractivity contribution in [2.24, 2.45) is 0 Å². The van der Waals surface area contributed by atoms with E-state index in [9.17, 15) is 0 Å². The van der Waals surface area contributed by atoms with E-state index in [1.54, 1.807) is 0 Å². The van der Waals surface area contributed by atoms with Crippen LogP contribution in [0.1, 0.15) is 50.7 Å². The van der Waals surface area contributed by atoms with Crippen LogP contribution in [-0.2, 0) is 0 Å². The van der Waals surface area contributed by atoms with E-state index in [2.05, 4.69) is 280 Å². The Balaban J connectivity index is 0.952. The molecular weight excluding hydrogens is 861 g/mol. The molecule has 0 amide bonds. The summed E-state index contributed by atoms with van der Waals surface area (Å²) in [4.78, 5) is 4.77. The van der Waals surface area contributed by atoms with Gasteiger partial charge in [0.2, 0.25) is 0 Å². The topological polar surface area (TPSA) is 19.6 Å². The van der Waals surface area contributed by atoms with E-state index < -0.39 is 0 Å². The van der Waals surface area contributed by atoms with E-state index in [4.69, 9.17) is 4.42 Å². The molecule has 342 valence electrons. The number of para-hydroxylation sites is 3. The van der Waals surface area contributed by atoms with E-state index in [1.165, 1.54) is 44.5 Å². The molecule has 0 aliphatic heterocycles. The third kappa shape index (κ3) is 8.30. The first-order chi connectivity index (χ1) is 34.8. The Morgan fingerprint density at radius 2 is 0.676 bits per heavy atom. The van der Waals surface area contributed by atoms with Crippen LogP contribution in [0.2, 0.25) is 0 Å². The van der Waals surface area contributed by atoms with Crippen LogP contribution in [-0.4, -0.2) is 0 Å². The van der Waals surface area contributed by atoms with Gasteiger partial charge in [0.1, 0.15) is 11.2 Å². The predicted molar refractivity (Wildman–Crippen MR) is 303 cm³/mol. The molecule has 71 heavy (non-hydrogen) atoms. The summed E-state index contributed by atoms with van der Waals surface area (Å²) in [6.07, 6.45) is 0. The summed E-state index contributed by atoms with van der Waals surface area (Å²) in [6, 6.07) is 88.4. The van der Waals surface area contributed by atoms with Crippen LogP contribution in [0, 0.1) is 0 Å². The number of rotatable bonds is 11. The SMILES string of the molecule is CC(C)c1ccc(-c2ccccc2N(c2ccccc2)c2ccc3cc4c(cc3c2)oc2cc3cc(N(c5ccc(-c6ccccc6)cc5)c5ccccc5-c5ccc(C(C)C)cc5)ccc3cc24)cc1. The molecule has 0 saturated carbocycles. The van der Waals surface area contributed by atoms with Crippen LogP contribution in [0.15, 0.2) is 247 Å². The highest BCUT2D eigenvalue weighted by molar-refractivity contribution is 6.14. The number of hydrogen-bond donors (Lipinski definition) is 0. The molecule has 1 heterocycles. The van der Waals surface area contributed by atoms with Gasteiger partial charge in [-0.1, -0.05) is 185 Å². The molecule has 0 spiro atoms. The molecule has 0 N–H and O–H groups in total. The van der Waals surface area contributed by atoms with Gasteiger partial charge in [0.25, 0.3) is 0 Å². The van der Waals surface area contributed by atoms with Crippen molar-refractivity contribution >= 4 is 77.6 Å². The summed E-state index contributed by atoms with van der Waals surface area (Å²) in [7, 11) is 0. The van der Waals surface area contributed by atoms with Crippen LogP contribution < -0.4 is 9.80 Å². The van der Waals surface area contributed by atoms with Crippen molar-refractivity contribution in [3.8, 4) is 33.4 Å². The van der Waals surface area contributed by atoms with Crippen molar-refractivity contribution in [2.75, 3.05) is 9.80 Å². The summed E-state index contributed by atoms with van der Waals surface area (Å²) < 4.78 is 6.84. The van der Waals surface area contributed by atoms with Crippen LogP contribution in [0.4, 0.5) is 34.1 Å².